The topological polar surface area (TPSA) is 30.7 Å². The molecule has 0 saturated heterocycles. The molecule has 3 heteroatoms. The zero-order valence-electron chi connectivity index (χ0n) is 16.9. The van der Waals surface area contributed by atoms with Crippen LogP contribution >= 0.6 is 0 Å². The van der Waals surface area contributed by atoms with Crippen LogP contribution in [-0.4, -0.2) is 14.8 Å². The highest BCUT2D eigenvalue weighted by Gasteiger charge is 2.13. The van der Waals surface area contributed by atoms with Crippen LogP contribution in [0.15, 0.2) is 42.9 Å². The molecule has 23 heavy (non-hydrogen) atoms. The lowest BCUT2D eigenvalue weighted by Crippen LogP contribution is -2.21. The fraction of sp³-hybridized carbons (Fsp3) is 0.600. The second kappa shape index (κ2) is 11.9. The van der Waals surface area contributed by atoms with Gasteiger partial charge in [-0.3, -0.25) is 9.67 Å². The van der Waals surface area contributed by atoms with Crippen molar-refractivity contribution in [2.45, 2.75) is 80.2 Å². The second-order valence-corrected chi connectivity index (χ2v) is 6.59. The van der Waals surface area contributed by atoms with Gasteiger partial charge in [-0.05, 0) is 39.0 Å². The van der Waals surface area contributed by atoms with Crippen LogP contribution in [0.4, 0.5) is 0 Å². The van der Waals surface area contributed by atoms with Crippen molar-refractivity contribution < 1.29 is 0 Å². The van der Waals surface area contributed by atoms with E-state index in [1.54, 1.807) is 6.20 Å². The molecule has 0 spiro atoms. The molecule has 0 amide bonds. The van der Waals surface area contributed by atoms with Crippen LogP contribution in [0, 0.1) is 0 Å². The fourth-order valence-corrected chi connectivity index (χ4v) is 1.47. The van der Waals surface area contributed by atoms with Gasteiger partial charge in [-0.15, -0.1) is 0 Å². The number of nitrogens with zero attached hydrogens (tertiary/aromatic N) is 3. The van der Waals surface area contributed by atoms with Gasteiger partial charge in [-0.1, -0.05) is 54.5 Å². The van der Waals surface area contributed by atoms with Gasteiger partial charge >= 0.3 is 0 Å². The highest BCUT2D eigenvalue weighted by molar-refractivity contribution is 5.12. The SMILES string of the molecule is CC.CC.CC(C)(C)c1ccccn1.CC(C)(C)n1cccn1. The largest absolute Gasteiger partial charge is 0.268 e. The standard InChI is InChI=1S/C9H13N.C7H12N2.2C2H6/c1-9(2,3)8-6-4-5-7-10-8;1-7(2,3)9-6-4-5-8-9;2*1-2/h4-7H,1-3H3;4-6H,1-3H3;2*1-2H3. The normalized spacial score (nSPS) is 10.2. The van der Waals surface area contributed by atoms with Gasteiger partial charge in [0, 0.05) is 29.7 Å². The van der Waals surface area contributed by atoms with E-state index < -0.39 is 0 Å². The maximum atomic E-state index is 4.25. The van der Waals surface area contributed by atoms with E-state index in [2.05, 4.69) is 57.7 Å². The van der Waals surface area contributed by atoms with Gasteiger partial charge in [0.15, 0.2) is 0 Å². The molecule has 0 fully saturated rings. The molecule has 2 aromatic heterocycles. The molecular weight excluding hydrogens is 282 g/mol. The molecule has 0 N–H and O–H groups in total. The quantitative estimate of drug-likeness (QED) is 0.590. The summed E-state index contributed by atoms with van der Waals surface area (Å²) >= 11 is 0. The lowest BCUT2D eigenvalue weighted by Gasteiger charge is -2.18. The second-order valence-electron chi connectivity index (χ2n) is 6.59. The van der Waals surface area contributed by atoms with Crippen molar-refractivity contribution in [1.82, 2.24) is 14.8 Å². The van der Waals surface area contributed by atoms with Crippen molar-refractivity contribution in [1.29, 1.82) is 0 Å². The summed E-state index contributed by atoms with van der Waals surface area (Å²) in [6.07, 6.45) is 5.60. The Morgan fingerprint density at radius 2 is 1.35 bits per heavy atom. The molecule has 0 unspecified atom stereocenters. The number of pyridine rings is 1. The van der Waals surface area contributed by atoms with E-state index >= 15 is 0 Å². The first-order valence-corrected chi connectivity index (χ1v) is 8.63. The molecule has 0 bridgehead atoms. The van der Waals surface area contributed by atoms with Gasteiger partial charge in [0.2, 0.25) is 0 Å². The summed E-state index contributed by atoms with van der Waals surface area (Å²) in [6, 6.07) is 7.95. The zero-order valence-corrected chi connectivity index (χ0v) is 16.9. The van der Waals surface area contributed by atoms with Crippen LogP contribution in [0.25, 0.3) is 0 Å². The van der Waals surface area contributed by atoms with Crippen LogP contribution in [0.3, 0.4) is 0 Å². The summed E-state index contributed by atoms with van der Waals surface area (Å²) in [4.78, 5) is 4.25. The molecule has 2 aromatic rings. The van der Waals surface area contributed by atoms with E-state index in [1.807, 2.05) is 63.0 Å². The Morgan fingerprint density at radius 1 is 0.783 bits per heavy atom. The van der Waals surface area contributed by atoms with Crippen molar-refractivity contribution >= 4 is 0 Å². The molecule has 0 aliphatic rings. The number of aromatic nitrogens is 3. The molecule has 2 heterocycles. The maximum Gasteiger partial charge on any atom is 0.0543 e. The van der Waals surface area contributed by atoms with Crippen molar-refractivity contribution in [2.24, 2.45) is 0 Å². The Bertz CT molecular complexity index is 460. The Balaban J connectivity index is 0. The van der Waals surface area contributed by atoms with E-state index in [9.17, 15) is 0 Å². The monoisotopic (exact) mass is 319 g/mol. The number of hydrogen-bond acceptors (Lipinski definition) is 2. The summed E-state index contributed by atoms with van der Waals surface area (Å²) in [5.41, 5.74) is 1.46. The maximum absolute atomic E-state index is 4.25. The summed E-state index contributed by atoms with van der Waals surface area (Å²) in [6.45, 7) is 20.9. The van der Waals surface area contributed by atoms with Crippen LogP contribution in [0.2, 0.25) is 0 Å². The Kier molecular flexibility index (Phi) is 12.2. The molecular formula is C20H37N3. The highest BCUT2D eigenvalue weighted by Crippen LogP contribution is 2.18. The summed E-state index contributed by atoms with van der Waals surface area (Å²) < 4.78 is 1.94. The molecule has 0 saturated carbocycles. The Morgan fingerprint density at radius 3 is 1.57 bits per heavy atom. The molecule has 0 aromatic carbocycles. The predicted molar refractivity (Wildman–Crippen MR) is 103 cm³/mol. The molecule has 132 valence electrons. The first-order chi connectivity index (χ1) is 10.7. The fourth-order valence-electron chi connectivity index (χ4n) is 1.47. The number of hydrogen-bond donors (Lipinski definition) is 0. The third kappa shape index (κ3) is 10.7. The first kappa shape index (κ1) is 23.6. The minimum absolute atomic E-state index is 0.128. The van der Waals surface area contributed by atoms with Crippen LogP contribution < -0.4 is 0 Å². The van der Waals surface area contributed by atoms with Gasteiger partial charge in [0.25, 0.3) is 0 Å². The average molecular weight is 320 g/mol. The highest BCUT2D eigenvalue weighted by atomic mass is 15.3. The van der Waals surface area contributed by atoms with Gasteiger partial charge in [0.05, 0.1) is 5.54 Å². The van der Waals surface area contributed by atoms with E-state index in [0.717, 1.165) is 5.69 Å². The first-order valence-electron chi connectivity index (χ1n) is 8.63. The van der Waals surface area contributed by atoms with E-state index in [-0.39, 0.29) is 11.0 Å². The van der Waals surface area contributed by atoms with Crippen LogP contribution in [-0.2, 0) is 11.0 Å². The van der Waals surface area contributed by atoms with Crippen LogP contribution in [0.5, 0.6) is 0 Å². The number of rotatable bonds is 0. The summed E-state index contributed by atoms with van der Waals surface area (Å²) in [5, 5.41) is 4.10. The van der Waals surface area contributed by atoms with Crippen LogP contribution in [0.1, 0.15) is 74.9 Å². The Labute approximate surface area is 144 Å². The molecule has 0 atom stereocenters. The third-order valence-corrected chi connectivity index (χ3v) is 2.63. The molecule has 0 aliphatic carbocycles. The van der Waals surface area contributed by atoms with Gasteiger partial charge < -0.3 is 0 Å². The van der Waals surface area contributed by atoms with Crippen molar-refractivity contribution in [2.75, 3.05) is 0 Å². The smallest absolute Gasteiger partial charge is 0.0543 e. The predicted octanol–water partition coefficient (Wildman–Crippen LogP) is 6.07. The summed E-state index contributed by atoms with van der Waals surface area (Å²) in [5.74, 6) is 0. The lowest BCUT2D eigenvalue weighted by atomic mass is 9.92. The minimum Gasteiger partial charge on any atom is -0.268 e. The Hall–Kier alpha value is -1.64. The van der Waals surface area contributed by atoms with E-state index in [1.165, 1.54) is 0 Å². The minimum atomic E-state index is 0.128. The van der Waals surface area contributed by atoms with Crippen molar-refractivity contribution in [3.63, 3.8) is 0 Å². The van der Waals surface area contributed by atoms with Crippen molar-refractivity contribution in [3.8, 4) is 0 Å². The van der Waals surface area contributed by atoms with Crippen molar-refractivity contribution in [3.05, 3.63) is 48.5 Å². The van der Waals surface area contributed by atoms with Gasteiger partial charge in [-0.25, -0.2) is 0 Å². The summed E-state index contributed by atoms with van der Waals surface area (Å²) in [7, 11) is 0. The van der Waals surface area contributed by atoms with Gasteiger partial charge in [-0.2, -0.15) is 5.10 Å². The molecule has 3 nitrogen and oxygen atoms in total. The van der Waals surface area contributed by atoms with E-state index in [0.29, 0.717) is 0 Å². The van der Waals surface area contributed by atoms with E-state index in [4.69, 9.17) is 0 Å². The molecule has 2 rings (SSSR count). The lowest BCUT2D eigenvalue weighted by molar-refractivity contribution is 0.355. The van der Waals surface area contributed by atoms with Gasteiger partial charge in [0.1, 0.15) is 0 Å². The molecule has 0 radical (unpaired) electrons. The molecule has 0 aliphatic heterocycles. The average Bonchev–Trinajstić information content (AvgIpc) is 3.07. The third-order valence-electron chi connectivity index (χ3n) is 2.63. The zero-order chi connectivity index (χ0) is 18.5.